The molecule has 6 nitrogen and oxygen atoms in total. The normalized spacial score (nSPS) is 14.9. The second-order valence-corrected chi connectivity index (χ2v) is 10.0. The largest absolute Gasteiger partial charge is 0.497 e. The number of halogens is 1. The Hall–Kier alpha value is -2.45. The van der Waals surface area contributed by atoms with Crippen LogP contribution in [0, 0.1) is 11.7 Å². The minimum atomic E-state index is -4.03. The van der Waals surface area contributed by atoms with E-state index in [4.69, 9.17) is 4.74 Å². The molecule has 174 valence electrons. The molecule has 3 rings (SSSR count). The molecule has 2 aromatic rings. The summed E-state index contributed by atoms with van der Waals surface area (Å²) in [7, 11) is -2.44. The molecule has 1 saturated carbocycles. The zero-order valence-corrected chi connectivity index (χ0v) is 19.9. The highest BCUT2D eigenvalue weighted by Crippen LogP contribution is 2.36. The van der Waals surface area contributed by atoms with Gasteiger partial charge in [-0.3, -0.25) is 4.79 Å². The molecular formula is C24H31FN2O4S. The lowest BCUT2D eigenvalue weighted by molar-refractivity contribution is 0.0654. The molecule has 1 aliphatic rings. The fraction of sp³-hybridized carbons (Fsp3) is 0.458. The van der Waals surface area contributed by atoms with Gasteiger partial charge in [0.25, 0.3) is 5.91 Å². The first-order valence-electron chi connectivity index (χ1n) is 11.0. The summed E-state index contributed by atoms with van der Waals surface area (Å²) in [5, 5.41) is 0. The highest BCUT2D eigenvalue weighted by atomic mass is 32.2. The molecule has 1 aliphatic carbocycles. The molecule has 1 unspecified atom stereocenters. The van der Waals surface area contributed by atoms with Gasteiger partial charge in [-0.15, -0.1) is 0 Å². The highest BCUT2D eigenvalue weighted by molar-refractivity contribution is 7.89. The van der Waals surface area contributed by atoms with E-state index in [1.54, 1.807) is 25.9 Å². The lowest BCUT2D eigenvalue weighted by atomic mass is 10.1. The van der Waals surface area contributed by atoms with Crippen LogP contribution in [-0.4, -0.2) is 49.8 Å². The Balaban J connectivity index is 1.95. The van der Waals surface area contributed by atoms with Gasteiger partial charge in [0.15, 0.2) is 0 Å². The molecule has 1 fully saturated rings. The molecule has 0 N–H and O–H groups in total. The first-order chi connectivity index (χ1) is 15.2. The van der Waals surface area contributed by atoms with E-state index in [1.165, 1.54) is 16.4 Å². The minimum absolute atomic E-state index is 0.0162. The van der Waals surface area contributed by atoms with E-state index in [0.717, 1.165) is 30.2 Å². The topological polar surface area (TPSA) is 66.9 Å². The molecule has 0 aliphatic heterocycles. The number of methoxy groups -OCH3 is 1. The number of benzene rings is 2. The van der Waals surface area contributed by atoms with Gasteiger partial charge in [-0.1, -0.05) is 26.0 Å². The molecule has 0 spiro atoms. The number of carbonyl (C=O) groups excluding carboxylic acids is 1. The van der Waals surface area contributed by atoms with Crippen molar-refractivity contribution in [3.8, 4) is 5.75 Å². The summed E-state index contributed by atoms with van der Waals surface area (Å²) in [4.78, 5) is 14.8. The van der Waals surface area contributed by atoms with Crippen molar-refractivity contribution in [2.45, 2.75) is 51.1 Å². The average Bonchev–Trinajstić information content (AvgIpc) is 3.63. The number of hydrogen-bond donors (Lipinski definition) is 0. The molecular weight excluding hydrogens is 431 g/mol. The number of carbonyl (C=O) groups is 1. The summed E-state index contributed by atoms with van der Waals surface area (Å²) >= 11 is 0. The van der Waals surface area contributed by atoms with Crippen LogP contribution in [0.3, 0.4) is 0 Å². The van der Waals surface area contributed by atoms with Gasteiger partial charge in [-0.25, -0.2) is 12.8 Å². The van der Waals surface area contributed by atoms with E-state index >= 15 is 0 Å². The molecule has 0 radical (unpaired) electrons. The Morgan fingerprint density at radius 2 is 1.75 bits per heavy atom. The lowest BCUT2D eigenvalue weighted by Gasteiger charge is -2.30. The number of nitrogens with zero attached hydrogens (tertiary/aromatic N) is 2. The van der Waals surface area contributed by atoms with Gasteiger partial charge in [0.2, 0.25) is 10.0 Å². The molecule has 0 aromatic heterocycles. The van der Waals surface area contributed by atoms with Gasteiger partial charge >= 0.3 is 0 Å². The van der Waals surface area contributed by atoms with Crippen LogP contribution in [0.2, 0.25) is 0 Å². The van der Waals surface area contributed by atoms with Crippen LogP contribution in [0.1, 0.15) is 49.5 Å². The van der Waals surface area contributed by atoms with Crippen molar-refractivity contribution in [3.05, 3.63) is 59.4 Å². The molecule has 0 heterocycles. The fourth-order valence-corrected chi connectivity index (χ4v) is 5.41. The maximum atomic E-state index is 14.5. The van der Waals surface area contributed by atoms with Crippen molar-refractivity contribution >= 4 is 15.9 Å². The van der Waals surface area contributed by atoms with Gasteiger partial charge in [0.1, 0.15) is 16.5 Å². The quantitative estimate of drug-likeness (QED) is 0.528. The van der Waals surface area contributed by atoms with Crippen molar-refractivity contribution in [2.75, 3.05) is 20.2 Å². The van der Waals surface area contributed by atoms with Crippen molar-refractivity contribution in [2.24, 2.45) is 5.92 Å². The third kappa shape index (κ3) is 5.13. The highest BCUT2D eigenvalue weighted by Gasteiger charge is 2.35. The molecule has 2 aromatic carbocycles. The van der Waals surface area contributed by atoms with Crippen LogP contribution in [0.5, 0.6) is 5.75 Å². The Morgan fingerprint density at radius 3 is 2.28 bits per heavy atom. The fourth-order valence-electron chi connectivity index (χ4n) is 3.86. The molecule has 8 heteroatoms. The van der Waals surface area contributed by atoms with Crippen LogP contribution >= 0.6 is 0 Å². The maximum Gasteiger partial charge on any atom is 0.254 e. The lowest BCUT2D eigenvalue weighted by Crippen LogP contribution is -2.39. The van der Waals surface area contributed by atoms with E-state index < -0.39 is 20.7 Å². The van der Waals surface area contributed by atoms with E-state index in [1.807, 2.05) is 31.2 Å². The Bertz CT molecular complexity index is 1050. The zero-order valence-electron chi connectivity index (χ0n) is 19.0. The van der Waals surface area contributed by atoms with Gasteiger partial charge in [-0.05, 0) is 61.6 Å². The number of sulfonamides is 1. The number of hydrogen-bond acceptors (Lipinski definition) is 4. The summed E-state index contributed by atoms with van der Waals surface area (Å²) in [6.07, 6.45) is 2.11. The van der Waals surface area contributed by atoms with Crippen molar-refractivity contribution < 1.29 is 22.3 Å². The van der Waals surface area contributed by atoms with Crippen LogP contribution in [-0.2, 0) is 16.6 Å². The van der Waals surface area contributed by atoms with Crippen LogP contribution < -0.4 is 4.74 Å². The predicted molar refractivity (Wildman–Crippen MR) is 122 cm³/mol. The van der Waals surface area contributed by atoms with E-state index in [2.05, 4.69) is 0 Å². The predicted octanol–water partition coefficient (Wildman–Crippen LogP) is 4.31. The monoisotopic (exact) mass is 462 g/mol. The molecule has 1 atom stereocenters. The number of rotatable bonds is 10. The van der Waals surface area contributed by atoms with E-state index in [-0.39, 0.29) is 30.6 Å². The SMILES string of the molecule is CCN(CC)S(=O)(=O)c1cc(C(=O)N(Cc2ccc(OC)cc2)C(C)C2CC2)ccc1F. The van der Waals surface area contributed by atoms with Crippen LogP contribution in [0.25, 0.3) is 0 Å². The summed E-state index contributed by atoms with van der Waals surface area (Å²) in [5.74, 6) is -0.0233. The van der Waals surface area contributed by atoms with Crippen molar-refractivity contribution in [3.63, 3.8) is 0 Å². The second kappa shape index (κ2) is 10.0. The van der Waals surface area contributed by atoms with Crippen molar-refractivity contribution in [1.82, 2.24) is 9.21 Å². The summed E-state index contributed by atoms with van der Waals surface area (Å²) in [5.41, 5.74) is 1.10. The molecule has 32 heavy (non-hydrogen) atoms. The Kier molecular flexibility index (Phi) is 7.56. The summed E-state index contributed by atoms with van der Waals surface area (Å²) in [6.45, 7) is 6.22. The Morgan fingerprint density at radius 1 is 1.12 bits per heavy atom. The van der Waals surface area contributed by atoms with Crippen molar-refractivity contribution in [1.29, 1.82) is 0 Å². The third-order valence-corrected chi connectivity index (χ3v) is 8.13. The van der Waals surface area contributed by atoms with Crippen LogP contribution in [0.15, 0.2) is 47.4 Å². The average molecular weight is 463 g/mol. The van der Waals surface area contributed by atoms with Gasteiger partial charge < -0.3 is 9.64 Å². The maximum absolute atomic E-state index is 14.5. The van der Waals surface area contributed by atoms with E-state index in [0.29, 0.717) is 12.5 Å². The second-order valence-electron chi connectivity index (χ2n) is 8.09. The molecule has 1 amide bonds. The Labute approximate surface area is 190 Å². The molecule has 0 saturated heterocycles. The minimum Gasteiger partial charge on any atom is -0.497 e. The van der Waals surface area contributed by atoms with Gasteiger partial charge in [-0.2, -0.15) is 4.31 Å². The smallest absolute Gasteiger partial charge is 0.254 e. The zero-order chi connectivity index (χ0) is 23.5. The van der Waals surface area contributed by atoms with E-state index in [9.17, 15) is 17.6 Å². The number of ether oxygens (including phenoxy) is 1. The third-order valence-electron chi connectivity index (χ3n) is 6.07. The number of amides is 1. The van der Waals surface area contributed by atoms with Gasteiger partial charge in [0, 0.05) is 31.2 Å². The van der Waals surface area contributed by atoms with Crippen LogP contribution in [0.4, 0.5) is 4.39 Å². The standard InChI is InChI=1S/C24H31FN2O4S/c1-5-26(6-2)32(29,30)23-15-20(11-14-22(23)25)24(28)27(17(3)19-9-10-19)16-18-7-12-21(31-4)13-8-18/h7-8,11-15,17,19H,5-6,9-10,16H2,1-4H3. The summed E-state index contributed by atoms with van der Waals surface area (Å²) in [6, 6.07) is 11.1. The first kappa shape index (κ1) is 24.2. The first-order valence-corrected chi connectivity index (χ1v) is 12.4. The summed E-state index contributed by atoms with van der Waals surface area (Å²) < 4.78 is 46.7. The van der Waals surface area contributed by atoms with Gasteiger partial charge in [0.05, 0.1) is 7.11 Å². The molecule has 0 bridgehead atoms.